The Morgan fingerprint density at radius 1 is 1.29 bits per heavy atom. The van der Waals surface area contributed by atoms with Crippen molar-refractivity contribution in [3.63, 3.8) is 0 Å². The zero-order valence-corrected chi connectivity index (χ0v) is 13.8. The Morgan fingerprint density at radius 2 is 2.08 bits per heavy atom. The number of carbonyl (C=O) groups excluding carboxylic acids is 1. The van der Waals surface area contributed by atoms with Gasteiger partial charge in [-0.15, -0.1) is 0 Å². The van der Waals surface area contributed by atoms with Crippen LogP contribution < -0.4 is 0 Å². The predicted octanol–water partition coefficient (Wildman–Crippen LogP) is 3.40. The Morgan fingerprint density at radius 3 is 2.71 bits per heavy atom. The molecule has 5 heteroatoms. The Bertz CT molecular complexity index is 673. The van der Waals surface area contributed by atoms with E-state index in [4.69, 9.17) is 9.84 Å². The van der Waals surface area contributed by atoms with E-state index in [-0.39, 0.29) is 24.8 Å². The quantitative estimate of drug-likeness (QED) is 0.914. The zero-order valence-electron chi connectivity index (χ0n) is 13.8. The number of hydrogen-bond donors (Lipinski definition) is 1. The average Bonchev–Trinajstić information content (AvgIpc) is 2.62. The number of benzene rings is 1. The summed E-state index contributed by atoms with van der Waals surface area (Å²) < 4.78 is 5.39. The molecule has 0 aliphatic carbocycles. The first-order valence-electron chi connectivity index (χ1n) is 8.28. The Labute approximate surface area is 141 Å². The fourth-order valence-corrected chi connectivity index (χ4v) is 2.99. The number of cyclic esters (lactones) is 1. The first-order chi connectivity index (χ1) is 11.7. The van der Waals surface area contributed by atoms with Crippen LogP contribution in [0.25, 0.3) is 11.3 Å². The topological polar surface area (TPSA) is 62.7 Å². The number of aliphatic hydroxyl groups is 1. The van der Waals surface area contributed by atoms with Crippen molar-refractivity contribution in [2.45, 2.75) is 31.9 Å². The molecule has 3 rings (SSSR count). The summed E-state index contributed by atoms with van der Waals surface area (Å²) in [7, 11) is 0. The molecule has 0 bridgehead atoms. The summed E-state index contributed by atoms with van der Waals surface area (Å²) in [5.74, 6) is 0. The fraction of sp³-hybridized carbons (Fsp3) is 0.368. The van der Waals surface area contributed by atoms with E-state index in [1.54, 1.807) is 11.1 Å². The molecular weight excluding hydrogens is 304 g/mol. The van der Waals surface area contributed by atoms with Crippen molar-refractivity contribution in [3.8, 4) is 11.3 Å². The van der Waals surface area contributed by atoms with Crippen molar-refractivity contribution in [2.75, 3.05) is 13.2 Å². The van der Waals surface area contributed by atoms with Gasteiger partial charge in [-0.3, -0.25) is 4.98 Å². The van der Waals surface area contributed by atoms with Gasteiger partial charge in [0.05, 0.1) is 11.7 Å². The van der Waals surface area contributed by atoms with Crippen molar-refractivity contribution in [3.05, 3.63) is 54.2 Å². The molecule has 1 saturated heterocycles. The van der Waals surface area contributed by atoms with Gasteiger partial charge in [-0.1, -0.05) is 30.3 Å². The van der Waals surface area contributed by atoms with Crippen LogP contribution in [0.4, 0.5) is 4.79 Å². The molecule has 1 amide bonds. The van der Waals surface area contributed by atoms with E-state index in [1.165, 1.54) is 0 Å². The summed E-state index contributed by atoms with van der Waals surface area (Å²) in [5, 5.41) is 8.97. The third-order valence-electron chi connectivity index (χ3n) is 4.47. The third kappa shape index (κ3) is 3.57. The highest BCUT2D eigenvalue weighted by Crippen LogP contribution is 2.27. The van der Waals surface area contributed by atoms with Crippen LogP contribution in [0.15, 0.2) is 48.7 Å². The summed E-state index contributed by atoms with van der Waals surface area (Å²) in [6.45, 7) is 2.69. The molecule has 1 aromatic carbocycles. The van der Waals surface area contributed by atoms with E-state index in [9.17, 15) is 4.79 Å². The molecule has 1 N–H and O–H groups in total. The summed E-state index contributed by atoms with van der Waals surface area (Å²) in [5.41, 5.74) is 3.05. The molecule has 24 heavy (non-hydrogen) atoms. The number of aromatic nitrogens is 1. The second-order valence-corrected chi connectivity index (χ2v) is 6.01. The lowest BCUT2D eigenvalue weighted by atomic mass is 10.0. The standard InChI is InChI=1S/C19H22N2O3/c1-14(21-12-9-17(10-13-22)24-19(21)23)15-5-7-16(8-6-15)18-4-2-3-11-20-18/h2-8,11,14,17,22H,9-10,12-13H2,1H3. The number of carbonyl (C=O) groups is 1. The van der Waals surface area contributed by atoms with Gasteiger partial charge in [0.2, 0.25) is 0 Å². The van der Waals surface area contributed by atoms with Crippen molar-refractivity contribution >= 4 is 6.09 Å². The van der Waals surface area contributed by atoms with E-state index in [0.29, 0.717) is 13.0 Å². The minimum atomic E-state index is -0.305. The lowest BCUT2D eigenvalue weighted by Crippen LogP contribution is -2.43. The van der Waals surface area contributed by atoms with Crippen LogP contribution in [-0.2, 0) is 4.74 Å². The fourth-order valence-electron chi connectivity index (χ4n) is 2.99. The third-order valence-corrected chi connectivity index (χ3v) is 4.47. The van der Waals surface area contributed by atoms with E-state index in [2.05, 4.69) is 4.98 Å². The summed E-state index contributed by atoms with van der Waals surface area (Å²) in [6.07, 6.45) is 2.56. The monoisotopic (exact) mass is 326 g/mol. The Balaban J connectivity index is 1.69. The molecule has 0 spiro atoms. The summed E-state index contributed by atoms with van der Waals surface area (Å²) in [4.78, 5) is 18.3. The van der Waals surface area contributed by atoms with Crippen LogP contribution in [0.5, 0.6) is 0 Å². The number of rotatable bonds is 5. The highest BCUT2D eigenvalue weighted by atomic mass is 16.6. The van der Waals surface area contributed by atoms with Crippen LogP contribution in [0.2, 0.25) is 0 Å². The summed E-state index contributed by atoms with van der Waals surface area (Å²) in [6, 6.07) is 13.9. The zero-order chi connectivity index (χ0) is 16.9. The molecule has 5 nitrogen and oxygen atoms in total. The van der Waals surface area contributed by atoms with Gasteiger partial charge in [0, 0.05) is 37.8 Å². The number of ether oxygens (including phenoxy) is 1. The van der Waals surface area contributed by atoms with Crippen LogP contribution in [0.3, 0.4) is 0 Å². The maximum atomic E-state index is 12.2. The molecule has 2 aromatic rings. The SMILES string of the molecule is CC(c1ccc(-c2ccccn2)cc1)N1CCC(CCO)OC1=O. The number of nitrogens with zero attached hydrogens (tertiary/aromatic N) is 2. The molecule has 1 aromatic heterocycles. The summed E-state index contributed by atoms with van der Waals surface area (Å²) >= 11 is 0. The molecule has 1 fully saturated rings. The molecular formula is C19H22N2O3. The second kappa shape index (κ2) is 7.45. The Kier molecular flexibility index (Phi) is 5.11. The van der Waals surface area contributed by atoms with Gasteiger partial charge in [-0.2, -0.15) is 0 Å². The lowest BCUT2D eigenvalue weighted by Gasteiger charge is -2.35. The van der Waals surface area contributed by atoms with Gasteiger partial charge in [-0.25, -0.2) is 4.79 Å². The first kappa shape index (κ1) is 16.5. The number of amides is 1. The second-order valence-electron chi connectivity index (χ2n) is 6.01. The van der Waals surface area contributed by atoms with Gasteiger partial charge >= 0.3 is 6.09 Å². The van der Waals surface area contributed by atoms with Gasteiger partial charge in [0.1, 0.15) is 6.10 Å². The highest BCUT2D eigenvalue weighted by molar-refractivity contribution is 5.69. The molecule has 1 aliphatic rings. The van der Waals surface area contributed by atoms with E-state index < -0.39 is 0 Å². The normalized spacial score (nSPS) is 19.0. The Hall–Kier alpha value is -2.40. The molecule has 2 heterocycles. The van der Waals surface area contributed by atoms with Crippen molar-refractivity contribution in [1.82, 2.24) is 9.88 Å². The molecule has 0 radical (unpaired) electrons. The van der Waals surface area contributed by atoms with Crippen molar-refractivity contribution in [2.24, 2.45) is 0 Å². The molecule has 2 unspecified atom stereocenters. The van der Waals surface area contributed by atoms with Crippen LogP contribution in [0.1, 0.15) is 31.4 Å². The largest absolute Gasteiger partial charge is 0.446 e. The lowest BCUT2D eigenvalue weighted by molar-refractivity contribution is 0.00401. The number of pyridine rings is 1. The highest BCUT2D eigenvalue weighted by Gasteiger charge is 2.30. The number of aliphatic hydroxyl groups excluding tert-OH is 1. The molecule has 126 valence electrons. The van der Waals surface area contributed by atoms with Gasteiger partial charge in [-0.05, 0) is 24.6 Å². The minimum absolute atomic E-state index is 0.0441. The van der Waals surface area contributed by atoms with E-state index in [0.717, 1.165) is 23.2 Å². The smallest absolute Gasteiger partial charge is 0.410 e. The maximum absolute atomic E-state index is 12.2. The average molecular weight is 326 g/mol. The molecule has 1 aliphatic heterocycles. The van der Waals surface area contributed by atoms with Gasteiger partial charge in [0.15, 0.2) is 0 Å². The van der Waals surface area contributed by atoms with Crippen molar-refractivity contribution < 1.29 is 14.6 Å². The van der Waals surface area contributed by atoms with Crippen molar-refractivity contribution in [1.29, 1.82) is 0 Å². The predicted molar refractivity (Wildman–Crippen MR) is 91.4 cm³/mol. The molecule has 2 atom stereocenters. The minimum Gasteiger partial charge on any atom is -0.446 e. The van der Waals surface area contributed by atoms with Crippen LogP contribution >= 0.6 is 0 Å². The maximum Gasteiger partial charge on any atom is 0.410 e. The first-order valence-corrected chi connectivity index (χ1v) is 8.28. The van der Waals surface area contributed by atoms with Gasteiger partial charge < -0.3 is 14.7 Å². The number of hydrogen-bond acceptors (Lipinski definition) is 4. The van der Waals surface area contributed by atoms with E-state index in [1.807, 2.05) is 49.4 Å². The van der Waals surface area contributed by atoms with Gasteiger partial charge in [0.25, 0.3) is 0 Å². The van der Waals surface area contributed by atoms with E-state index >= 15 is 0 Å². The van der Waals surface area contributed by atoms with Crippen LogP contribution in [-0.4, -0.2) is 40.3 Å². The van der Waals surface area contributed by atoms with Crippen LogP contribution in [0, 0.1) is 0 Å². The molecule has 0 saturated carbocycles.